The highest BCUT2D eigenvalue weighted by atomic mass is 16.3. The van der Waals surface area contributed by atoms with Crippen LogP contribution in [-0.2, 0) is 18.4 Å². The number of aliphatic hydroxyl groups excluding tert-OH is 1. The zero-order chi connectivity index (χ0) is 17.1. The number of hydrogen-bond acceptors (Lipinski definition) is 3. The number of imidazole rings is 1. The molecule has 0 radical (unpaired) electrons. The molecule has 126 valence electrons. The van der Waals surface area contributed by atoms with Crippen LogP contribution < -0.4 is 5.32 Å². The molecule has 0 bridgehead atoms. The zero-order valence-electron chi connectivity index (χ0n) is 13.9. The van der Waals surface area contributed by atoms with E-state index in [0.717, 1.165) is 11.2 Å². The van der Waals surface area contributed by atoms with Gasteiger partial charge in [-0.05, 0) is 24.4 Å². The summed E-state index contributed by atoms with van der Waals surface area (Å²) >= 11 is 0. The Morgan fingerprint density at radius 3 is 2.92 bits per heavy atom. The molecular formula is C18H22N4O2. The van der Waals surface area contributed by atoms with Gasteiger partial charge in [0.15, 0.2) is 0 Å². The summed E-state index contributed by atoms with van der Waals surface area (Å²) in [5, 5.41) is 14.0. The summed E-state index contributed by atoms with van der Waals surface area (Å²) in [5.41, 5.74) is 2.27. The van der Waals surface area contributed by atoms with E-state index in [1.165, 1.54) is 5.39 Å². The van der Waals surface area contributed by atoms with Crippen molar-refractivity contribution >= 4 is 16.8 Å². The first-order valence-electron chi connectivity index (χ1n) is 8.03. The molecule has 3 aromatic rings. The van der Waals surface area contributed by atoms with E-state index in [4.69, 9.17) is 0 Å². The normalized spacial score (nSPS) is 12.5. The number of benzene rings is 1. The van der Waals surface area contributed by atoms with E-state index in [9.17, 15) is 9.90 Å². The minimum atomic E-state index is -0.803. The van der Waals surface area contributed by atoms with E-state index < -0.39 is 6.10 Å². The number of nitrogens with one attached hydrogen (secondary N) is 1. The largest absolute Gasteiger partial charge is 0.383 e. The van der Waals surface area contributed by atoms with Crippen molar-refractivity contribution in [2.75, 3.05) is 6.54 Å². The van der Waals surface area contributed by atoms with Crippen molar-refractivity contribution in [1.82, 2.24) is 19.4 Å². The lowest BCUT2D eigenvalue weighted by Crippen LogP contribution is -2.30. The van der Waals surface area contributed by atoms with E-state index in [2.05, 4.69) is 33.1 Å². The number of rotatable bonds is 6. The first kappa shape index (κ1) is 16.3. The van der Waals surface area contributed by atoms with Crippen LogP contribution in [0.2, 0.25) is 0 Å². The van der Waals surface area contributed by atoms with Crippen LogP contribution in [0.3, 0.4) is 0 Å². The number of fused-ring (bicyclic) bond motifs is 1. The minimum absolute atomic E-state index is 0.0829. The van der Waals surface area contributed by atoms with Crippen molar-refractivity contribution in [3.8, 4) is 0 Å². The number of carbonyl (C=O) groups excluding carboxylic acids is 1. The average molecular weight is 326 g/mol. The molecule has 1 aromatic carbocycles. The third-order valence-corrected chi connectivity index (χ3v) is 4.23. The Morgan fingerprint density at radius 2 is 2.17 bits per heavy atom. The summed E-state index contributed by atoms with van der Waals surface area (Å²) in [6, 6.07) is 10.3. The van der Waals surface area contributed by atoms with E-state index in [-0.39, 0.29) is 12.5 Å². The highest BCUT2D eigenvalue weighted by molar-refractivity contribution is 5.81. The van der Waals surface area contributed by atoms with Crippen molar-refractivity contribution in [2.24, 2.45) is 7.05 Å². The molecule has 0 aliphatic rings. The number of nitrogens with zero attached hydrogens (tertiary/aromatic N) is 3. The van der Waals surface area contributed by atoms with Crippen LogP contribution in [-0.4, -0.2) is 31.7 Å². The predicted molar refractivity (Wildman–Crippen MR) is 92.5 cm³/mol. The molecule has 0 aliphatic heterocycles. The van der Waals surface area contributed by atoms with E-state index in [0.29, 0.717) is 18.8 Å². The number of carbonyl (C=O) groups is 1. The van der Waals surface area contributed by atoms with Gasteiger partial charge in [-0.15, -0.1) is 0 Å². The Bertz CT molecular complexity index is 850. The van der Waals surface area contributed by atoms with Crippen LogP contribution in [0, 0.1) is 6.92 Å². The first-order valence-corrected chi connectivity index (χ1v) is 8.03. The van der Waals surface area contributed by atoms with Gasteiger partial charge in [0.2, 0.25) is 5.91 Å². The summed E-state index contributed by atoms with van der Waals surface area (Å²) in [7, 11) is 1.81. The summed E-state index contributed by atoms with van der Waals surface area (Å²) in [5.74, 6) is 0.461. The van der Waals surface area contributed by atoms with Gasteiger partial charge in [0, 0.05) is 43.6 Å². The van der Waals surface area contributed by atoms with Crippen LogP contribution in [0.4, 0.5) is 0 Å². The highest BCUT2D eigenvalue weighted by Gasteiger charge is 2.14. The van der Waals surface area contributed by atoms with Gasteiger partial charge in [0.05, 0.1) is 6.54 Å². The van der Waals surface area contributed by atoms with E-state index >= 15 is 0 Å². The van der Waals surface area contributed by atoms with Crippen LogP contribution >= 0.6 is 0 Å². The van der Waals surface area contributed by atoms with Crippen LogP contribution in [0.5, 0.6) is 0 Å². The SMILES string of the molecule is Cc1cc2ccccc2n1CCC(=O)NCC(O)c1nccn1C. The molecule has 0 saturated carbocycles. The number of hydrogen-bond donors (Lipinski definition) is 2. The second kappa shape index (κ2) is 6.88. The maximum Gasteiger partial charge on any atom is 0.221 e. The fourth-order valence-electron chi connectivity index (χ4n) is 2.95. The number of aryl methyl sites for hydroxylation is 3. The molecule has 0 aliphatic carbocycles. The molecule has 1 atom stereocenters. The molecule has 0 spiro atoms. The lowest BCUT2D eigenvalue weighted by atomic mass is 10.2. The van der Waals surface area contributed by atoms with Crippen molar-refractivity contribution in [2.45, 2.75) is 26.0 Å². The monoisotopic (exact) mass is 326 g/mol. The maximum atomic E-state index is 12.1. The van der Waals surface area contributed by atoms with Gasteiger partial charge < -0.3 is 19.6 Å². The number of amides is 1. The van der Waals surface area contributed by atoms with Crippen LogP contribution in [0.1, 0.15) is 24.0 Å². The Kier molecular flexibility index (Phi) is 4.66. The Balaban J connectivity index is 1.56. The van der Waals surface area contributed by atoms with E-state index in [1.807, 2.05) is 26.1 Å². The third kappa shape index (κ3) is 3.33. The third-order valence-electron chi connectivity index (χ3n) is 4.23. The van der Waals surface area contributed by atoms with Gasteiger partial charge in [0.1, 0.15) is 11.9 Å². The molecule has 24 heavy (non-hydrogen) atoms. The number of aliphatic hydroxyl groups is 1. The molecule has 6 heteroatoms. The molecule has 6 nitrogen and oxygen atoms in total. The van der Waals surface area contributed by atoms with Crippen LogP contribution in [0.15, 0.2) is 42.7 Å². The molecule has 3 rings (SSSR count). The second-order valence-corrected chi connectivity index (χ2v) is 5.96. The average Bonchev–Trinajstić information content (AvgIpc) is 3.13. The Labute approximate surface area is 140 Å². The fraction of sp³-hybridized carbons (Fsp3) is 0.333. The lowest BCUT2D eigenvalue weighted by molar-refractivity contribution is -0.121. The zero-order valence-corrected chi connectivity index (χ0v) is 13.9. The second-order valence-electron chi connectivity index (χ2n) is 5.96. The molecule has 1 unspecified atom stereocenters. The van der Waals surface area contributed by atoms with Gasteiger partial charge in [-0.1, -0.05) is 18.2 Å². The summed E-state index contributed by atoms with van der Waals surface area (Å²) in [4.78, 5) is 16.2. The van der Waals surface area contributed by atoms with Gasteiger partial charge in [0.25, 0.3) is 0 Å². The Hall–Kier alpha value is -2.60. The smallest absolute Gasteiger partial charge is 0.221 e. The van der Waals surface area contributed by atoms with E-state index in [1.54, 1.807) is 17.0 Å². The van der Waals surface area contributed by atoms with Gasteiger partial charge in [-0.3, -0.25) is 4.79 Å². The lowest BCUT2D eigenvalue weighted by Gasteiger charge is -2.13. The topological polar surface area (TPSA) is 72.1 Å². The fourth-order valence-corrected chi connectivity index (χ4v) is 2.95. The molecule has 0 fully saturated rings. The van der Waals surface area contributed by atoms with Crippen molar-refractivity contribution in [3.05, 3.63) is 54.2 Å². The van der Waals surface area contributed by atoms with Gasteiger partial charge >= 0.3 is 0 Å². The van der Waals surface area contributed by atoms with Crippen molar-refractivity contribution in [3.63, 3.8) is 0 Å². The number of para-hydroxylation sites is 1. The minimum Gasteiger partial charge on any atom is -0.383 e. The molecule has 2 N–H and O–H groups in total. The van der Waals surface area contributed by atoms with Gasteiger partial charge in [-0.2, -0.15) is 0 Å². The Morgan fingerprint density at radius 1 is 1.38 bits per heavy atom. The molecule has 2 heterocycles. The van der Waals surface area contributed by atoms with Gasteiger partial charge in [-0.25, -0.2) is 4.98 Å². The summed E-state index contributed by atoms with van der Waals surface area (Å²) in [6.45, 7) is 2.82. The quantitative estimate of drug-likeness (QED) is 0.727. The number of aromatic nitrogens is 3. The molecule has 0 saturated heterocycles. The van der Waals surface area contributed by atoms with Crippen LogP contribution in [0.25, 0.3) is 10.9 Å². The van der Waals surface area contributed by atoms with Crippen molar-refractivity contribution < 1.29 is 9.90 Å². The maximum absolute atomic E-state index is 12.1. The standard InChI is InChI=1S/C18H22N4O2/c1-13-11-14-5-3-4-6-15(14)22(13)9-7-17(24)20-12-16(23)18-19-8-10-21(18)2/h3-6,8,10-11,16,23H,7,9,12H2,1-2H3,(H,20,24). The molecule has 2 aromatic heterocycles. The summed E-state index contributed by atoms with van der Waals surface area (Å²) < 4.78 is 3.89. The van der Waals surface area contributed by atoms with Crippen molar-refractivity contribution in [1.29, 1.82) is 0 Å². The summed E-state index contributed by atoms with van der Waals surface area (Å²) in [6.07, 6.45) is 2.95. The first-order chi connectivity index (χ1) is 11.6. The molecule has 1 amide bonds. The predicted octanol–water partition coefficient (Wildman–Crippen LogP) is 1.92. The molecular weight excluding hydrogens is 304 g/mol. The highest BCUT2D eigenvalue weighted by Crippen LogP contribution is 2.19.